The molecule has 0 atom stereocenters. The molecule has 1 N–H and O–H groups in total. The van der Waals surface area contributed by atoms with E-state index in [0.717, 1.165) is 0 Å². The van der Waals surface area contributed by atoms with Crippen molar-refractivity contribution in [3.8, 4) is 0 Å². The van der Waals surface area contributed by atoms with Crippen molar-refractivity contribution in [1.82, 2.24) is 5.32 Å². The van der Waals surface area contributed by atoms with Gasteiger partial charge in [0.25, 0.3) is 5.91 Å². The molecule has 0 aromatic rings. The summed E-state index contributed by atoms with van der Waals surface area (Å²) in [5.74, 6) is -0.486. The van der Waals surface area contributed by atoms with E-state index >= 15 is 0 Å². The van der Waals surface area contributed by atoms with Crippen molar-refractivity contribution < 1.29 is 9.59 Å². The summed E-state index contributed by atoms with van der Waals surface area (Å²) in [4.78, 5) is 19.9. The predicted molar refractivity (Wildman–Crippen MR) is 28.9 cm³/mol. The predicted octanol–water partition coefficient (Wildman–Crippen LogP) is -0.602. The van der Waals surface area contributed by atoms with Crippen molar-refractivity contribution in [2.75, 3.05) is 7.05 Å². The maximum absolute atomic E-state index is 10.3. The molecule has 0 aromatic heterocycles. The second-order valence-corrected chi connectivity index (χ2v) is 1.16. The number of carbonyl (C=O) groups excluding carboxylic acids is 2. The lowest BCUT2D eigenvalue weighted by atomic mass is 10.3. The van der Waals surface area contributed by atoms with Crippen molar-refractivity contribution in [1.29, 1.82) is 0 Å². The molecule has 1 amide bonds. The Morgan fingerprint density at radius 3 is 2.38 bits per heavy atom. The average molecular weight is 112 g/mol. The minimum absolute atomic E-state index is 0.174. The van der Waals surface area contributed by atoms with E-state index in [-0.39, 0.29) is 5.57 Å². The molecule has 0 aliphatic rings. The quantitative estimate of drug-likeness (QED) is 0.294. The Morgan fingerprint density at radius 2 is 2.25 bits per heavy atom. The largest absolute Gasteiger partial charge is 0.355 e. The second-order valence-electron chi connectivity index (χ2n) is 1.16. The van der Waals surface area contributed by atoms with Crippen molar-refractivity contribution in [3.05, 3.63) is 12.2 Å². The standard InChI is InChI=1S/C5H6NO2/c1-4(3-7)5(8)6-2/h1H2,2H3,(H,6,8). The number of carbonyl (C=O) groups is 1. The van der Waals surface area contributed by atoms with Crippen LogP contribution in [0, 0.1) is 0 Å². The normalized spacial score (nSPS) is 7.62. The molecule has 0 spiro atoms. The van der Waals surface area contributed by atoms with Gasteiger partial charge in [-0.25, -0.2) is 0 Å². The molecular weight excluding hydrogens is 106 g/mol. The first-order valence-corrected chi connectivity index (χ1v) is 2.01. The van der Waals surface area contributed by atoms with Gasteiger partial charge in [0.2, 0.25) is 6.29 Å². The van der Waals surface area contributed by atoms with E-state index in [9.17, 15) is 9.59 Å². The van der Waals surface area contributed by atoms with Crippen LogP contribution in [-0.2, 0) is 9.59 Å². The van der Waals surface area contributed by atoms with E-state index in [2.05, 4.69) is 11.9 Å². The second kappa shape index (κ2) is 2.96. The molecule has 0 rings (SSSR count). The summed E-state index contributed by atoms with van der Waals surface area (Å²) in [5.41, 5.74) is -0.174. The van der Waals surface area contributed by atoms with Gasteiger partial charge in [-0.15, -0.1) is 0 Å². The fourth-order valence-corrected chi connectivity index (χ4v) is 0.197. The monoisotopic (exact) mass is 112 g/mol. The minimum atomic E-state index is -0.486. The number of hydrogen-bond donors (Lipinski definition) is 1. The van der Waals surface area contributed by atoms with E-state index in [0.29, 0.717) is 0 Å². The Kier molecular flexibility index (Phi) is 2.54. The maximum Gasteiger partial charge on any atom is 0.254 e. The van der Waals surface area contributed by atoms with E-state index in [1.165, 1.54) is 13.3 Å². The van der Waals surface area contributed by atoms with Crippen molar-refractivity contribution in [3.63, 3.8) is 0 Å². The highest BCUT2D eigenvalue weighted by molar-refractivity contribution is 6.09. The van der Waals surface area contributed by atoms with Crippen LogP contribution in [0.2, 0.25) is 0 Å². The van der Waals surface area contributed by atoms with Crippen molar-refractivity contribution in [2.24, 2.45) is 0 Å². The lowest BCUT2D eigenvalue weighted by molar-refractivity contribution is -0.116. The highest BCUT2D eigenvalue weighted by Crippen LogP contribution is 1.79. The van der Waals surface area contributed by atoms with Gasteiger partial charge in [0.05, 0.1) is 5.57 Å². The molecule has 0 aliphatic carbocycles. The lowest BCUT2D eigenvalue weighted by Gasteiger charge is -1.90. The van der Waals surface area contributed by atoms with E-state index in [1.807, 2.05) is 0 Å². The summed E-state index contributed by atoms with van der Waals surface area (Å²) in [6.07, 6.45) is 1.36. The lowest BCUT2D eigenvalue weighted by Crippen LogP contribution is -2.19. The van der Waals surface area contributed by atoms with Crippen molar-refractivity contribution >= 4 is 12.2 Å². The van der Waals surface area contributed by atoms with Crippen LogP contribution in [0.4, 0.5) is 0 Å². The summed E-state index contributed by atoms with van der Waals surface area (Å²) in [5, 5.41) is 2.21. The number of likely N-dealkylation sites (N-methyl/N-ethyl adjacent to an activating group) is 1. The summed E-state index contributed by atoms with van der Waals surface area (Å²) in [7, 11) is 1.42. The average Bonchev–Trinajstić information content (AvgIpc) is 1.84. The first-order chi connectivity index (χ1) is 3.72. The molecular formula is C5H6NO2. The summed E-state index contributed by atoms with van der Waals surface area (Å²) < 4.78 is 0. The molecule has 43 valence electrons. The molecule has 3 nitrogen and oxygen atoms in total. The highest BCUT2D eigenvalue weighted by Gasteiger charge is 2.00. The molecule has 0 unspecified atom stereocenters. The number of nitrogens with one attached hydrogen (secondary N) is 1. The number of hydrogen-bond acceptors (Lipinski definition) is 2. The zero-order valence-corrected chi connectivity index (χ0v) is 4.52. The van der Waals surface area contributed by atoms with Crippen LogP contribution in [0.15, 0.2) is 12.2 Å². The van der Waals surface area contributed by atoms with Gasteiger partial charge in [0.1, 0.15) is 0 Å². The smallest absolute Gasteiger partial charge is 0.254 e. The molecule has 0 bridgehead atoms. The zero-order chi connectivity index (χ0) is 6.57. The van der Waals surface area contributed by atoms with Crippen LogP contribution in [0.3, 0.4) is 0 Å². The van der Waals surface area contributed by atoms with E-state index in [1.54, 1.807) is 0 Å². The summed E-state index contributed by atoms with van der Waals surface area (Å²) in [6, 6.07) is 0. The number of rotatable bonds is 2. The van der Waals surface area contributed by atoms with Gasteiger partial charge in [0.15, 0.2) is 0 Å². The molecule has 0 aromatic carbocycles. The minimum Gasteiger partial charge on any atom is -0.355 e. The molecule has 0 fully saturated rings. The Bertz CT molecular complexity index is 128. The Labute approximate surface area is 47.4 Å². The third-order valence-electron chi connectivity index (χ3n) is 0.624. The van der Waals surface area contributed by atoms with Gasteiger partial charge in [-0.1, -0.05) is 6.58 Å². The van der Waals surface area contributed by atoms with Gasteiger partial charge in [0, 0.05) is 7.05 Å². The molecule has 0 heterocycles. The van der Waals surface area contributed by atoms with Gasteiger partial charge in [-0.3, -0.25) is 9.59 Å². The molecule has 0 aliphatic heterocycles. The highest BCUT2D eigenvalue weighted by atomic mass is 16.2. The maximum atomic E-state index is 10.3. The zero-order valence-electron chi connectivity index (χ0n) is 4.52. The van der Waals surface area contributed by atoms with Crippen LogP contribution in [0.1, 0.15) is 0 Å². The first-order valence-electron chi connectivity index (χ1n) is 2.01. The van der Waals surface area contributed by atoms with Crippen LogP contribution < -0.4 is 5.32 Å². The SMILES string of the molecule is C=C([C]=O)C(=O)NC. The van der Waals surface area contributed by atoms with Crippen molar-refractivity contribution in [2.45, 2.75) is 0 Å². The van der Waals surface area contributed by atoms with Crippen LogP contribution in [0.25, 0.3) is 0 Å². The van der Waals surface area contributed by atoms with E-state index < -0.39 is 5.91 Å². The molecule has 3 heteroatoms. The molecule has 8 heavy (non-hydrogen) atoms. The Balaban J connectivity index is 3.82. The first kappa shape index (κ1) is 6.88. The third kappa shape index (κ3) is 1.55. The van der Waals surface area contributed by atoms with Gasteiger partial charge < -0.3 is 5.32 Å². The van der Waals surface area contributed by atoms with Crippen LogP contribution >= 0.6 is 0 Å². The van der Waals surface area contributed by atoms with Gasteiger partial charge >= 0.3 is 0 Å². The van der Waals surface area contributed by atoms with Crippen LogP contribution in [0.5, 0.6) is 0 Å². The summed E-state index contributed by atoms with van der Waals surface area (Å²) in [6.45, 7) is 3.11. The topological polar surface area (TPSA) is 46.2 Å². The summed E-state index contributed by atoms with van der Waals surface area (Å²) >= 11 is 0. The Morgan fingerprint density at radius 1 is 1.75 bits per heavy atom. The fourth-order valence-electron chi connectivity index (χ4n) is 0.197. The fraction of sp³-hybridized carbons (Fsp3) is 0.200. The van der Waals surface area contributed by atoms with E-state index in [4.69, 9.17) is 0 Å². The molecule has 0 saturated carbocycles. The number of amides is 1. The third-order valence-corrected chi connectivity index (χ3v) is 0.624. The molecule has 1 radical (unpaired) electrons. The van der Waals surface area contributed by atoms with Gasteiger partial charge in [-0.05, 0) is 0 Å². The molecule has 0 saturated heterocycles. The Hall–Kier alpha value is -1.12. The van der Waals surface area contributed by atoms with Gasteiger partial charge in [-0.2, -0.15) is 0 Å². The van der Waals surface area contributed by atoms with Crippen LogP contribution in [-0.4, -0.2) is 19.2 Å².